The highest BCUT2D eigenvalue weighted by molar-refractivity contribution is 5.68. The highest BCUT2D eigenvalue weighted by atomic mass is 16.6. The SMILES string of the molecule is C[C@@H](C/C=C/c1nccnc1N)NC(=O)OC(C)(C)C. The molecule has 1 rings (SSSR count). The first kappa shape index (κ1) is 15.9. The van der Waals surface area contributed by atoms with E-state index in [2.05, 4.69) is 15.3 Å². The summed E-state index contributed by atoms with van der Waals surface area (Å²) in [6.45, 7) is 7.38. The molecule has 0 unspecified atom stereocenters. The van der Waals surface area contributed by atoms with E-state index in [1.807, 2.05) is 33.8 Å². The Balaban J connectivity index is 2.42. The number of rotatable bonds is 4. The molecule has 0 aliphatic rings. The molecule has 0 saturated carbocycles. The quantitative estimate of drug-likeness (QED) is 0.882. The molecule has 0 bridgehead atoms. The summed E-state index contributed by atoms with van der Waals surface area (Å²) in [4.78, 5) is 19.6. The van der Waals surface area contributed by atoms with Crippen LogP contribution in [0.25, 0.3) is 6.08 Å². The lowest BCUT2D eigenvalue weighted by molar-refractivity contribution is 0.0509. The van der Waals surface area contributed by atoms with Gasteiger partial charge in [-0.2, -0.15) is 0 Å². The third-order valence-electron chi connectivity index (χ3n) is 2.28. The number of aromatic nitrogens is 2. The van der Waals surface area contributed by atoms with Crippen LogP contribution in [-0.4, -0.2) is 27.7 Å². The number of carbonyl (C=O) groups is 1. The molecule has 6 heteroatoms. The fourth-order valence-corrected chi connectivity index (χ4v) is 1.44. The van der Waals surface area contributed by atoms with Crippen LogP contribution < -0.4 is 11.1 Å². The number of nitrogen functional groups attached to an aromatic ring is 1. The van der Waals surface area contributed by atoms with E-state index in [1.165, 1.54) is 0 Å². The number of nitrogens with two attached hydrogens (primary N) is 1. The van der Waals surface area contributed by atoms with Crippen molar-refractivity contribution in [1.82, 2.24) is 15.3 Å². The minimum absolute atomic E-state index is 0.0426. The van der Waals surface area contributed by atoms with Crippen LogP contribution in [0.15, 0.2) is 18.5 Å². The van der Waals surface area contributed by atoms with Crippen molar-refractivity contribution in [2.75, 3.05) is 5.73 Å². The minimum atomic E-state index is -0.492. The van der Waals surface area contributed by atoms with E-state index in [1.54, 1.807) is 18.5 Å². The van der Waals surface area contributed by atoms with Gasteiger partial charge in [-0.15, -0.1) is 0 Å². The molecule has 110 valence electrons. The lowest BCUT2D eigenvalue weighted by Crippen LogP contribution is -2.37. The standard InChI is InChI=1S/C14H22N4O2/c1-10(18-13(19)20-14(2,3)4)6-5-7-11-12(15)17-9-8-16-11/h5,7-10H,6H2,1-4H3,(H2,15,17)(H,18,19)/b7-5+/t10-/m0/s1. The zero-order valence-electron chi connectivity index (χ0n) is 12.4. The molecule has 1 heterocycles. The Hall–Kier alpha value is -2.11. The molecule has 0 spiro atoms. The second-order valence-electron chi connectivity index (χ2n) is 5.51. The monoisotopic (exact) mass is 278 g/mol. The van der Waals surface area contributed by atoms with Gasteiger partial charge >= 0.3 is 6.09 Å². The zero-order chi connectivity index (χ0) is 15.2. The molecule has 3 N–H and O–H groups in total. The Morgan fingerprint density at radius 3 is 2.70 bits per heavy atom. The molecule has 1 aromatic rings. The summed E-state index contributed by atoms with van der Waals surface area (Å²) in [5.41, 5.74) is 5.80. The van der Waals surface area contributed by atoms with E-state index in [0.29, 0.717) is 17.9 Å². The van der Waals surface area contributed by atoms with Crippen molar-refractivity contribution >= 4 is 18.0 Å². The molecule has 6 nitrogen and oxygen atoms in total. The second-order valence-corrected chi connectivity index (χ2v) is 5.51. The number of nitrogens with zero attached hydrogens (tertiary/aromatic N) is 2. The maximum Gasteiger partial charge on any atom is 0.407 e. The third-order valence-corrected chi connectivity index (χ3v) is 2.28. The predicted octanol–water partition coefficient (Wildman–Crippen LogP) is 2.38. The maximum atomic E-state index is 11.6. The molecule has 0 radical (unpaired) electrons. The van der Waals surface area contributed by atoms with Gasteiger partial charge in [0, 0.05) is 18.4 Å². The van der Waals surface area contributed by atoms with Crippen molar-refractivity contribution in [2.45, 2.75) is 45.8 Å². The molecule has 0 aliphatic carbocycles. The van der Waals surface area contributed by atoms with E-state index >= 15 is 0 Å². The Labute approximate surface area is 119 Å². The molecule has 0 fully saturated rings. The fraction of sp³-hybridized carbons (Fsp3) is 0.500. The highest BCUT2D eigenvalue weighted by Crippen LogP contribution is 2.08. The lowest BCUT2D eigenvalue weighted by atomic mass is 10.2. The van der Waals surface area contributed by atoms with Crippen LogP contribution in [0.2, 0.25) is 0 Å². The van der Waals surface area contributed by atoms with Gasteiger partial charge < -0.3 is 15.8 Å². The summed E-state index contributed by atoms with van der Waals surface area (Å²) in [5, 5.41) is 2.76. The van der Waals surface area contributed by atoms with Crippen molar-refractivity contribution in [2.24, 2.45) is 0 Å². The summed E-state index contributed by atoms with van der Waals surface area (Å²) in [7, 11) is 0. The Morgan fingerprint density at radius 2 is 2.10 bits per heavy atom. The molecule has 0 aromatic carbocycles. The lowest BCUT2D eigenvalue weighted by Gasteiger charge is -2.21. The summed E-state index contributed by atoms with van der Waals surface area (Å²) in [6.07, 6.45) is 7.03. The van der Waals surface area contributed by atoms with E-state index < -0.39 is 11.7 Å². The van der Waals surface area contributed by atoms with Crippen LogP contribution >= 0.6 is 0 Å². The van der Waals surface area contributed by atoms with Gasteiger partial charge in [-0.1, -0.05) is 6.08 Å². The fourth-order valence-electron chi connectivity index (χ4n) is 1.44. The number of hydrogen-bond donors (Lipinski definition) is 2. The number of carbonyl (C=O) groups excluding carboxylic acids is 1. The van der Waals surface area contributed by atoms with Crippen LogP contribution in [0.5, 0.6) is 0 Å². The van der Waals surface area contributed by atoms with Crippen LogP contribution in [-0.2, 0) is 4.74 Å². The van der Waals surface area contributed by atoms with Gasteiger partial charge in [0.1, 0.15) is 17.1 Å². The third kappa shape index (κ3) is 6.17. The topological polar surface area (TPSA) is 90.1 Å². The van der Waals surface area contributed by atoms with E-state index in [-0.39, 0.29) is 6.04 Å². The molecular weight excluding hydrogens is 256 g/mol. The number of alkyl carbamates (subject to hydrolysis) is 1. The molecule has 0 saturated heterocycles. The van der Waals surface area contributed by atoms with Crippen LogP contribution in [0, 0.1) is 0 Å². The van der Waals surface area contributed by atoms with Crippen LogP contribution in [0.4, 0.5) is 10.6 Å². The summed E-state index contributed by atoms with van der Waals surface area (Å²) >= 11 is 0. The number of ether oxygens (including phenoxy) is 1. The second kappa shape index (κ2) is 6.88. The van der Waals surface area contributed by atoms with Crippen molar-refractivity contribution in [3.63, 3.8) is 0 Å². The van der Waals surface area contributed by atoms with Gasteiger partial charge in [0.25, 0.3) is 0 Å². The summed E-state index contributed by atoms with van der Waals surface area (Å²) in [5.74, 6) is 0.386. The largest absolute Gasteiger partial charge is 0.444 e. The number of anilines is 1. The van der Waals surface area contributed by atoms with E-state index in [4.69, 9.17) is 10.5 Å². The molecule has 0 aliphatic heterocycles. The van der Waals surface area contributed by atoms with E-state index in [9.17, 15) is 4.79 Å². The van der Waals surface area contributed by atoms with Gasteiger partial charge in [-0.25, -0.2) is 9.78 Å². The molecule has 1 atom stereocenters. The highest BCUT2D eigenvalue weighted by Gasteiger charge is 2.17. The van der Waals surface area contributed by atoms with Gasteiger partial charge in [-0.05, 0) is 40.2 Å². The first-order chi connectivity index (χ1) is 9.28. The molecule has 20 heavy (non-hydrogen) atoms. The molecular formula is C14H22N4O2. The molecule has 1 amide bonds. The minimum Gasteiger partial charge on any atom is -0.444 e. The van der Waals surface area contributed by atoms with Crippen molar-refractivity contribution in [1.29, 1.82) is 0 Å². The summed E-state index contributed by atoms with van der Waals surface area (Å²) in [6, 6.07) is -0.0426. The Morgan fingerprint density at radius 1 is 1.45 bits per heavy atom. The van der Waals surface area contributed by atoms with Gasteiger partial charge in [0.2, 0.25) is 0 Å². The predicted molar refractivity (Wildman–Crippen MR) is 78.9 cm³/mol. The van der Waals surface area contributed by atoms with Crippen LogP contribution in [0.1, 0.15) is 39.8 Å². The van der Waals surface area contributed by atoms with Gasteiger partial charge in [-0.3, -0.25) is 4.98 Å². The number of hydrogen-bond acceptors (Lipinski definition) is 5. The van der Waals surface area contributed by atoms with Crippen LogP contribution in [0.3, 0.4) is 0 Å². The Kier molecular flexibility index (Phi) is 5.49. The Bertz CT molecular complexity index is 480. The average Bonchev–Trinajstić information content (AvgIpc) is 2.28. The summed E-state index contributed by atoms with van der Waals surface area (Å²) < 4.78 is 5.18. The maximum absolute atomic E-state index is 11.6. The van der Waals surface area contributed by atoms with Crippen molar-refractivity contribution in [3.8, 4) is 0 Å². The zero-order valence-corrected chi connectivity index (χ0v) is 12.4. The smallest absolute Gasteiger partial charge is 0.407 e. The molecule has 1 aromatic heterocycles. The van der Waals surface area contributed by atoms with Gasteiger partial charge in [0.05, 0.1) is 0 Å². The normalized spacial score (nSPS) is 13.2. The number of nitrogens with one attached hydrogen (secondary N) is 1. The van der Waals surface area contributed by atoms with Gasteiger partial charge in [0.15, 0.2) is 0 Å². The first-order valence-corrected chi connectivity index (χ1v) is 6.50. The van der Waals surface area contributed by atoms with E-state index in [0.717, 1.165) is 0 Å². The number of amides is 1. The first-order valence-electron chi connectivity index (χ1n) is 6.50. The van der Waals surface area contributed by atoms with Crippen molar-refractivity contribution in [3.05, 3.63) is 24.2 Å². The van der Waals surface area contributed by atoms with Crippen molar-refractivity contribution < 1.29 is 9.53 Å². The average molecular weight is 278 g/mol.